The number of methoxy groups -OCH3 is 6. The summed E-state index contributed by atoms with van der Waals surface area (Å²) in [6.45, 7) is 0. The highest BCUT2D eigenvalue weighted by Gasteiger charge is 2.32. The van der Waals surface area contributed by atoms with Crippen LogP contribution in [0.4, 0.5) is 0 Å². The zero-order valence-electron chi connectivity index (χ0n) is 20.6. The van der Waals surface area contributed by atoms with E-state index in [1.54, 1.807) is 42.7 Å². The van der Waals surface area contributed by atoms with Gasteiger partial charge in [-0.25, -0.2) is 0 Å². The Bertz CT molecular complexity index is 320. The van der Waals surface area contributed by atoms with E-state index in [2.05, 4.69) is 0 Å². The van der Waals surface area contributed by atoms with Gasteiger partial charge in [-0.15, -0.1) is 0 Å². The van der Waals surface area contributed by atoms with Gasteiger partial charge in [0.1, 0.15) is 17.7 Å². The summed E-state index contributed by atoms with van der Waals surface area (Å²) in [6.07, 6.45) is 3.71. The van der Waals surface area contributed by atoms with Crippen LogP contribution in [0.5, 0.6) is 0 Å². The zero-order valence-corrected chi connectivity index (χ0v) is 25.8. The van der Waals surface area contributed by atoms with Gasteiger partial charge in [0.25, 0.3) is 0 Å². The third-order valence-electron chi connectivity index (χ3n) is 5.98. The Morgan fingerprint density at radius 2 is 0.767 bits per heavy atom. The molecule has 182 valence electrons. The molecule has 0 aliphatic rings. The minimum absolute atomic E-state index is 0.0423. The van der Waals surface area contributed by atoms with Crippen molar-refractivity contribution < 1.29 is 32.8 Å². The molecule has 0 aromatic rings. The topological polar surface area (TPSA) is 64.6 Å². The van der Waals surface area contributed by atoms with Gasteiger partial charge < -0.3 is 32.8 Å². The van der Waals surface area contributed by atoms with Gasteiger partial charge in [0.2, 0.25) is 0 Å². The molecule has 0 amide bonds. The summed E-state index contributed by atoms with van der Waals surface area (Å²) in [5, 5.41) is 0. The molecule has 0 fully saturated rings. The number of hydrogen-bond donors (Lipinski definition) is 0. The molecular weight excluding hydrogens is 453 g/mol. The lowest BCUT2D eigenvalue weighted by atomic mass is 10.5. The average molecular weight is 501 g/mol. The molecule has 11 heteroatoms. The largest absolute Gasteiger partial charge is 0.420 e. The second kappa shape index (κ2) is 20.2. The Hall–Kier alpha value is 0.588. The number of rotatable bonds is 22. The summed E-state index contributed by atoms with van der Waals surface area (Å²) in [5.74, 6) is 0.127. The first-order valence-electron chi connectivity index (χ1n) is 11.3. The van der Waals surface area contributed by atoms with Crippen molar-refractivity contribution in [2.75, 3.05) is 49.8 Å². The van der Waals surface area contributed by atoms with Crippen LogP contribution in [0.3, 0.4) is 0 Å². The molecule has 30 heavy (non-hydrogen) atoms. The van der Waals surface area contributed by atoms with Gasteiger partial charge in [-0.1, -0.05) is 37.4 Å². The molecule has 0 rings (SSSR count). The van der Waals surface area contributed by atoms with Gasteiger partial charge in [0.15, 0.2) is 8.32 Å². The second-order valence-corrected chi connectivity index (χ2v) is 18.0. The molecule has 0 aliphatic heterocycles. The van der Waals surface area contributed by atoms with E-state index in [0.717, 1.165) is 0 Å². The van der Waals surface area contributed by atoms with Crippen LogP contribution in [-0.2, 0) is 32.8 Å². The highest BCUT2D eigenvalue weighted by atomic mass is 28.4. The SMILES string of the molecule is COC(OC)[SiH2]CCC[Si](CCC[SiH2]C(OC)OC)(CCC[SiH2]C(OC)OC)OC. The maximum absolute atomic E-state index is 6.31. The molecule has 7 nitrogen and oxygen atoms in total. The van der Waals surface area contributed by atoms with Crippen molar-refractivity contribution in [3.05, 3.63) is 0 Å². The molecule has 0 heterocycles. The standard InChI is InChI=1S/C19H48O7Si4/c1-20-17(21-2)27-11-8-14-30(26-7,15-9-12-28-18(22-3)23-4)16-10-13-29-19(24-5)25-6/h17-19H,8-16,27-29H2,1-7H3. The Morgan fingerprint density at radius 1 is 0.500 bits per heavy atom. The normalized spacial score (nSPS) is 15.4. The smallest absolute Gasteiger partial charge is 0.192 e. The Balaban J connectivity index is 4.63. The van der Waals surface area contributed by atoms with Gasteiger partial charge in [0.05, 0.1) is 28.6 Å². The second-order valence-electron chi connectivity index (χ2n) is 7.83. The van der Waals surface area contributed by atoms with E-state index in [4.69, 9.17) is 32.8 Å². The highest BCUT2D eigenvalue weighted by Crippen LogP contribution is 2.29. The van der Waals surface area contributed by atoms with Crippen LogP contribution in [0.2, 0.25) is 36.3 Å². The van der Waals surface area contributed by atoms with Crippen LogP contribution >= 0.6 is 0 Å². The van der Waals surface area contributed by atoms with Gasteiger partial charge >= 0.3 is 0 Å². The zero-order chi connectivity index (χ0) is 22.7. The molecule has 0 radical (unpaired) electrons. The average Bonchev–Trinajstić information content (AvgIpc) is 2.78. The van der Waals surface area contributed by atoms with Crippen LogP contribution in [0.15, 0.2) is 0 Å². The van der Waals surface area contributed by atoms with Crippen LogP contribution in [0.25, 0.3) is 0 Å². The summed E-state index contributed by atoms with van der Waals surface area (Å²) < 4.78 is 38.6. The minimum atomic E-state index is -1.72. The minimum Gasteiger partial charge on any atom is -0.420 e. The van der Waals surface area contributed by atoms with E-state index < -0.39 is 8.32 Å². The molecule has 0 bridgehead atoms. The molecular formula is C19H48O7Si4. The van der Waals surface area contributed by atoms with Crippen LogP contribution in [-0.4, -0.2) is 104 Å². The molecule has 0 saturated carbocycles. The van der Waals surface area contributed by atoms with Crippen molar-refractivity contribution in [1.82, 2.24) is 0 Å². The summed E-state index contributed by atoms with van der Waals surface area (Å²) in [4.78, 5) is 0. The maximum atomic E-state index is 6.31. The van der Waals surface area contributed by atoms with Crippen molar-refractivity contribution in [2.24, 2.45) is 0 Å². The highest BCUT2D eigenvalue weighted by molar-refractivity contribution is 6.74. The first-order chi connectivity index (χ1) is 14.5. The first-order valence-corrected chi connectivity index (χ1v) is 19.2. The van der Waals surface area contributed by atoms with Crippen LogP contribution in [0, 0.1) is 0 Å². The lowest BCUT2D eigenvalue weighted by Crippen LogP contribution is -2.37. The van der Waals surface area contributed by atoms with E-state index in [1.807, 2.05) is 7.11 Å². The molecule has 0 atom stereocenters. The van der Waals surface area contributed by atoms with E-state index in [0.29, 0.717) is 0 Å². The van der Waals surface area contributed by atoms with E-state index in [1.165, 1.54) is 55.5 Å². The Labute approximate surface area is 192 Å². The summed E-state index contributed by atoms with van der Waals surface area (Å²) in [6, 6.07) is 7.48. The molecule has 0 aromatic heterocycles. The van der Waals surface area contributed by atoms with Gasteiger partial charge in [0, 0.05) is 49.8 Å². The van der Waals surface area contributed by atoms with Crippen LogP contribution < -0.4 is 0 Å². The fraction of sp³-hybridized carbons (Fsp3) is 1.00. The van der Waals surface area contributed by atoms with Crippen molar-refractivity contribution in [3.8, 4) is 0 Å². The first kappa shape index (κ1) is 30.6. The third kappa shape index (κ3) is 13.9. The number of ether oxygens (including phenoxy) is 6. The lowest BCUT2D eigenvalue weighted by molar-refractivity contribution is -0.0442. The van der Waals surface area contributed by atoms with E-state index in [9.17, 15) is 0 Å². The molecule has 0 N–H and O–H groups in total. The van der Waals surface area contributed by atoms with Crippen molar-refractivity contribution >= 4 is 36.9 Å². The molecule has 0 saturated heterocycles. The van der Waals surface area contributed by atoms with E-state index in [-0.39, 0.29) is 46.3 Å². The van der Waals surface area contributed by atoms with Gasteiger partial charge in [-0.3, -0.25) is 0 Å². The predicted octanol–water partition coefficient (Wildman–Crippen LogP) is 1.24. The summed E-state index contributed by atoms with van der Waals surface area (Å²) in [7, 11) is 9.58. The van der Waals surface area contributed by atoms with Crippen LogP contribution in [0.1, 0.15) is 19.3 Å². The summed E-state index contributed by atoms with van der Waals surface area (Å²) in [5.41, 5.74) is 0. The molecule has 0 unspecified atom stereocenters. The fourth-order valence-corrected chi connectivity index (χ4v) is 13.5. The maximum Gasteiger partial charge on any atom is 0.192 e. The number of hydrogen-bond acceptors (Lipinski definition) is 7. The summed E-state index contributed by atoms with van der Waals surface area (Å²) >= 11 is 0. The van der Waals surface area contributed by atoms with Crippen molar-refractivity contribution in [1.29, 1.82) is 0 Å². The molecule has 0 spiro atoms. The molecule has 0 aromatic carbocycles. The lowest BCUT2D eigenvalue weighted by Gasteiger charge is -2.31. The third-order valence-corrected chi connectivity index (χ3v) is 16.8. The molecule has 0 aliphatic carbocycles. The van der Waals surface area contributed by atoms with E-state index >= 15 is 0 Å². The quantitative estimate of drug-likeness (QED) is 0.126. The monoisotopic (exact) mass is 500 g/mol. The predicted molar refractivity (Wildman–Crippen MR) is 135 cm³/mol. The van der Waals surface area contributed by atoms with Gasteiger partial charge in [-0.2, -0.15) is 0 Å². The van der Waals surface area contributed by atoms with Gasteiger partial charge in [-0.05, 0) is 18.1 Å². The van der Waals surface area contributed by atoms with Crippen molar-refractivity contribution in [3.63, 3.8) is 0 Å². The fourth-order valence-electron chi connectivity index (χ4n) is 3.95. The Morgan fingerprint density at radius 3 is 0.967 bits per heavy atom. The van der Waals surface area contributed by atoms with Crippen molar-refractivity contribution in [2.45, 2.75) is 73.3 Å². The Kier molecular flexibility index (Phi) is 20.6.